The Kier molecular flexibility index (Phi) is 1.65. The normalized spacial score (nSPS) is 61.4. The first-order chi connectivity index (χ1) is 7.68. The van der Waals surface area contributed by atoms with Crippen molar-refractivity contribution < 1.29 is 10.2 Å². The molecule has 2 fully saturated rings. The number of hydrogen-bond donors (Lipinski definition) is 2. The largest absolute Gasteiger partial charge is 0.392 e. The molecule has 2 heteroatoms. The average molecular weight is 218 g/mol. The van der Waals surface area contributed by atoms with E-state index in [1.807, 2.05) is 0 Å². The van der Waals surface area contributed by atoms with Gasteiger partial charge in [-0.2, -0.15) is 0 Å². The lowest BCUT2D eigenvalue weighted by Crippen LogP contribution is -2.49. The molecule has 2 saturated carbocycles. The van der Waals surface area contributed by atoms with Crippen molar-refractivity contribution in [2.75, 3.05) is 0 Å². The van der Waals surface area contributed by atoms with Gasteiger partial charge in [-0.15, -0.1) is 0 Å². The maximum Gasteiger partial charge on any atom is 0.0774 e. The molecular weight excluding hydrogens is 200 g/mol. The molecule has 2 nitrogen and oxygen atoms in total. The topological polar surface area (TPSA) is 40.5 Å². The van der Waals surface area contributed by atoms with Crippen molar-refractivity contribution in [3.8, 4) is 0 Å². The molecule has 0 radical (unpaired) electrons. The third-order valence-corrected chi connectivity index (χ3v) is 5.40. The van der Waals surface area contributed by atoms with Crippen LogP contribution in [-0.2, 0) is 0 Å². The molecule has 0 saturated heterocycles. The Morgan fingerprint density at radius 3 is 2.38 bits per heavy atom. The van der Waals surface area contributed by atoms with Gasteiger partial charge in [-0.25, -0.2) is 0 Å². The summed E-state index contributed by atoms with van der Waals surface area (Å²) < 4.78 is 0. The van der Waals surface area contributed by atoms with Gasteiger partial charge >= 0.3 is 0 Å². The van der Waals surface area contributed by atoms with Gasteiger partial charge in [-0.3, -0.25) is 0 Å². The minimum Gasteiger partial charge on any atom is -0.392 e. The summed E-state index contributed by atoms with van der Waals surface area (Å²) in [6.45, 7) is 0. The molecule has 0 heterocycles. The Balaban J connectivity index is 1.71. The first-order valence-corrected chi connectivity index (χ1v) is 6.45. The number of fused-ring (bicyclic) bond motifs is 4. The Hall–Kier alpha value is -0.600. The van der Waals surface area contributed by atoms with Gasteiger partial charge in [-0.05, 0) is 31.1 Å². The minimum absolute atomic E-state index is 0.0856. The highest BCUT2D eigenvalue weighted by atomic mass is 16.3. The van der Waals surface area contributed by atoms with Crippen LogP contribution < -0.4 is 0 Å². The molecule has 4 bridgehead atoms. The van der Waals surface area contributed by atoms with Crippen molar-refractivity contribution in [1.29, 1.82) is 0 Å². The van der Waals surface area contributed by atoms with Crippen LogP contribution in [0.1, 0.15) is 19.3 Å². The van der Waals surface area contributed by atoms with E-state index >= 15 is 0 Å². The van der Waals surface area contributed by atoms with Crippen LogP contribution in [0, 0.1) is 29.6 Å². The Morgan fingerprint density at radius 1 is 1.00 bits per heavy atom. The van der Waals surface area contributed by atoms with Crippen molar-refractivity contribution in [2.45, 2.75) is 31.0 Å². The average Bonchev–Trinajstić information content (AvgIpc) is 2.92. The van der Waals surface area contributed by atoms with Gasteiger partial charge in [0.2, 0.25) is 0 Å². The second-order valence-electron chi connectivity index (χ2n) is 6.15. The Morgan fingerprint density at radius 2 is 1.81 bits per heavy atom. The number of aliphatic hydroxyl groups is 2. The van der Waals surface area contributed by atoms with Crippen LogP contribution in [-0.4, -0.2) is 21.9 Å². The summed E-state index contributed by atoms with van der Waals surface area (Å²) in [7, 11) is 0. The minimum atomic E-state index is -0.622. The number of hydrogen-bond acceptors (Lipinski definition) is 2. The molecule has 0 aromatic heterocycles. The van der Waals surface area contributed by atoms with Gasteiger partial charge in [0, 0.05) is 17.8 Å². The summed E-state index contributed by atoms with van der Waals surface area (Å²) in [6.07, 6.45) is 11.5. The first-order valence-electron chi connectivity index (χ1n) is 6.45. The van der Waals surface area contributed by atoms with E-state index in [1.165, 1.54) is 0 Å². The zero-order valence-corrected chi connectivity index (χ0v) is 9.29. The predicted octanol–water partition coefficient (Wildman–Crippen LogP) is 1.50. The fourth-order valence-electron chi connectivity index (χ4n) is 4.71. The van der Waals surface area contributed by atoms with Crippen molar-refractivity contribution in [3.63, 3.8) is 0 Å². The third kappa shape index (κ3) is 0.957. The molecule has 2 N–H and O–H groups in total. The fraction of sp³-hybridized carbons (Fsp3) is 0.714. The van der Waals surface area contributed by atoms with Crippen LogP contribution in [0.25, 0.3) is 0 Å². The molecule has 7 atom stereocenters. The highest BCUT2D eigenvalue weighted by Gasteiger charge is 2.59. The number of aliphatic hydroxyl groups excluding tert-OH is 1. The van der Waals surface area contributed by atoms with Crippen molar-refractivity contribution >= 4 is 0 Å². The molecule has 0 aromatic carbocycles. The lowest BCUT2D eigenvalue weighted by Gasteiger charge is -2.41. The molecule has 4 aliphatic carbocycles. The number of rotatable bonds is 1. The molecule has 0 aliphatic heterocycles. The summed E-state index contributed by atoms with van der Waals surface area (Å²) in [6, 6.07) is 0. The summed E-state index contributed by atoms with van der Waals surface area (Å²) >= 11 is 0. The lowest BCUT2D eigenvalue weighted by atomic mass is 9.70. The molecule has 86 valence electrons. The molecular formula is C14H18O2. The van der Waals surface area contributed by atoms with E-state index in [9.17, 15) is 10.2 Å². The van der Waals surface area contributed by atoms with Gasteiger partial charge in [-0.1, -0.05) is 24.3 Å². The standard InChI is InChI=1S/C14H18O2/c15-13-10-3-2-9(6-10)12(13)14(16)7-8-1-4-11(14)5-8/h1-4,8-13,15-16H,5-7H2/t8-,9-,10-,11-,12-,13+,14-/m0/s1. The quantitative estimate of drug-likeness (QED) is 0.655. The van der Waals surface area contributed by atoms with Crippen molar-refractivity contribution in [3.05, 3.63) is 24.3 Å². The van der Waals surface area contributed by atoms with E-state index in [0.29, 0.717) is 23.7 Å². The van der Waals surface area contributed by atoms with Gasteiger partial charge in [0.05, 0.1) is 11.7 Å². The maximum absolute atomic E-state index is 10.9. The predicted molar refractivity (Wildman–Crippen MR) is 60.5 cm³/mol. The van der Waals surface area contributed by atoms with Crippen LogP contribution in [0.5, 0.6) is 0 Å². The van der Waals surface area contributed by atoms with E-state index in [4.69, 9.17) is 0 Å². The zero-order valence-electron chi connectivity index (χ0n) is 9.29. The van der Waals surface area contributed by atoms with Crippen LogP contribution in [0.15, 0.2) is 24.3 Å². The van der Waals surface area contributed by atoms with Gasteiger partial charge < -0.3 is 10.2 Å². The molecule has 4 rings (SSSR count). The van der Waals surface area contributed by atoms with E-state index in [-0.39, 0.29) is 12.0 Å². The molecule has 0 spiro atoms. The first kappa shape index (κ1) is 9.43. The Bertz CT molecular complexity index is 386. The lowest BCUT2D eigenvalue weighted by molar-refractivity contribution is -0.0926. The Labute approximate surface area is 95.7 Å². The zero-order chi connectivity index (χ0) is 10.9. The SMILES string of the molecule is O[C@H]1[C@@H]([C@]2(O)C[C@H]3C=C[C@H]2C3)[C@H]2C=C[C@H]1C2. The summed E-state index contributed by atoms with van der Waals surface area (Å²) in [5.41, 5.74) is -0.622. The summed E-state index contributed by atoms with van der Waals surface area (Å²) in [5, 5.41) is 21.2. The van der Waals surface area contributed by atoms with Gasteiger partial charge in [0.25, 0.3) is 0 Å². The van der Waals surface area contributed by atoms with E-state index in [1.54, 1.807) is 0 Å². The van der Waals surface area contributed by atoms with Gasteiger partial charge in [0.15, 0.2) is 0 Å². The number of allylic oxidation sites excluding steroid dienone is 2. The highest BCUT2D eigenvalue weighted by Crippen LogP contribution is 2.58. The molecule has 0 unspecified atom stereocenters. The van der Waals surface area contributed by atoms with Crippen LogP contribution in [0.2, 0.25) is 0 Å². The smallest absolute Gasteiger partial charge is 0.0774 e. The van der Waals surface area contributed by atoms with Crippen LogP contribution in [0.4, 0.5) is 0 Å². The summed E-state index contributed by atoms with van der Waals surface area (Å²) in [5.74, 6) is 1.66. The molecule has 0 amide bonds. The van der Waals surface area contributed by atoms with E-state index in [0.717, 1.165) is 19.3 Å². The van der Waals surface area contributed by atoms with Crippen molar-refractivity contribution in [1.82, 2.24) is 0 Å². The van der Waals surface area contributed by atoms with Crippen LogP contribution >= 0.6 is 0 Å². The second kappa shape index (κ2) is 2.80. The van der Waals surface area contributed by atoms with E-state index in [2.05, 4.69) is 24.3 Å². The van der Waals surface area contributed by atoms with Crippen molar-refractivity contribution in [2.24, 2.45) is 29.6 Å². The fourth-order valence-corrected chi connectivity index (χ4v) is 4.71. The monoisotopic (exact) mass is 218 g/mol. The molecule has 16 heavy (non-hydrogen) atoms. The summed E-state index contributed by atoms with van der Waals surface area (Å²) in [4.78, 5) is 0. The highest BCUT2D eigenvalue weighted by molar-refractivity contribution is 5.25. The third-order valence-electron chi connectivity index (χ3n) is 5.40. The van der Waals surface area contributed by atoms with Crippen LogP contribution in [0.3, 0.4) is 0 Å². The second-order valence-corrected chi connectivity index (χ2v) is 6.15. The van der Waals surface area contributed by atoms with Gasteiger partial charge in [0.1, 0.15) is 0 Å². The molecule has 0 aromatic rings. The van der Waals surface area contributed by atoms with E-state index < -0.39 is 5.60 Å². The molecule has 4 aliphatic rings. The maximum atomic E-state index is 10.9.